The first-order chi connectivity index (χ1) is 16.8. The van der Waals surface area contributed by atoms with Gasteiger partial charge in [-0.25, -0.2) is 4.79 Å². The summed E-state index contributed by atoms with van der Waals surface area (Å²) in [4.78, 5) is 86.0. The van der Waals surface area contributed by atoms with E-state index in [2.05, 4.69) is 32.5 Å². The number of rotatable bonds is 5. The van der Waals surface area contributed by atoms with Crippen molar-refractivity contribution in [1.29, 1.82) is 0 Å². The van der Waals surface area contributed by atoms with Gasteiger partial charge in [-0.05, 0) is 12.3 Å². The first kappa shape index (κ1) is 90.9. The van der Waals surface area contributed by atoms with Crippen molar-refractivity contribution in [2.24, 2.45) is 11.8 Å². The molecule has 0 radical (unpaired) electrons. The lowest BCUT2D eigenvalue weighted by atomic mass is 9.96. The second kappa shape index (κ2) is 47.0. The predicted molar refractivity (Wildman–Crippen MR) is 218 cm³/mol. The Morgan fingerprint density at radius 2 is 0.918 bits per heavy atom. The van der Waals surface area contributed by atoms with Gasteiger partial charge in [0.2, 0.25) is 23.6 Å². The van der Waals surface area contributed by atoms with Crippen molar-refractivity contribution in [2.45, 2.75) is 189 Å². The molecule has 3 saturated heterocycles. The number of imide groups is 3. The summed E-state index contributed by atoms with van der Waals surface area (Å²) < 4.78 is 0. The summed E-state index contributed by atoms with van der Waals surface area (Å²) in [5.41, 5.74) is 0. The number of amides is 6. The molecule has 3 aliphatic rings. The van der Waals surface area contributed by atoms with E-state index in [1.165, 1.54) is 24.8 Å². The second-order valence-electron chi connectivity index (χ2n) is 9.15. The largest absolute Gasteiger partial charge is 0.352 e. The Bertz CT molecular complexity index is 796. The number of hydroxylamine groups is 2. The molecule has 0 aliphatic carbocycles. The van der Waals surface area contributed by atoms with Crippen molar-refractivity contribution >= 4 is 41.4 Å². The topological polar surface area (TPSA) is 138 Å². The van der Waals surface area contributed by atoms with Crippen LogP contribution in [0.5, 0.6) is 0 Å². The van der Waals surface area contributed by atoms with Gasteiger partial charge in [0.1, 0.15) is 6.54 Å². The number of hydrogen-bond donors (Lipinski definition) is 0. The third-order valence-electron chi connectivity index (χ3n) is 4.88. The lowest BCUT2D eigenvalue weighted by molar-refractivity contribution is -0.198. The summed E-state index contributed by atoms with van der Waals surface area (Å²) >= 11 is 0. The maximum Gasteiger partial charge on any atom is 0.352 e. The van der Waals surface area contributed by atoms with Crippen LogP contribution in [0.2, 0.25) is 0 Å². The van der Waals surface area contributed by atoms with E-state index in [1.807, 2.05) is 13.8 Å². The Balaban J connectivity index is -0.0000000331. The minimum atomic E-state index is -0.976. The molecule has 308 valence electrons. The zero-order valence-electron chi connectivity index (χ0n) is 22.6. The van der Waals surface area contributed by atoms with Gasteiger partial charge in [-0.2, -0.15) is 0 Å². The Labute approximate surface area is 309 Å². The van der Waals surface area contributed by atoms with Gasteiger partial charge in [0.05, 0.1) is 0 Å². The fourth-order valence-electron chi connectivity index (χ4n) is 3.28. The van der Waals surface area contributed by atoms with E-state index in [1.54, 1.807) is 0 Å². The molecular weight excluding hydrogens is 626 g/mol. The molecule has 3 heterocycles. The minimum absolute atomic E-state index is 0. The zero-order chi connectivity index (χ0) is 28.0. The van der Waals surface area contributed by atoms with Crippen molar-refractivity contribution < 1.29 is 38.4 Å². The lowest BCUT2D eigenvalue weighted by Crippen LogP contribution is -2.40. The number of carbonyl (C=O) groups excluding carboxylic acids is 7. The van der Waals surface area contributed by atoms with Crippen LogP contribution in [0.3, 0.4) is 0 Å². The van der Waals surface area contributed by atoms with E-state index in [0.717, 1.165) is 4.90 Å². The molecule has 6 amide bonds. The molecule has 0 saturated carbocycles. The van der Waals surface area contributed by atoms with Crippen LogP contribution in [-0.2, 0) is 38.4 Å². The molecule has 1 atom stereocenters. The summed E-state index contributed by atoms with van der Waals surface area (Å²) in [5.74, 6) is -3.31. The summed E-state index contributed by atoms with van der Waals surface area (Å²) in [7, 11) is 1.51. The van der Waals surface area contributed by atoms with Crippen molar-refractivity contribution in [3.63, 3.8) is 0 Å². The molecule has 0 aromatic rings. The van der Waals surface area contributed by atoms with Crippen molar-refractivity contribution in [1.82, 2.24) is 14.9 Å². The molecule has 1 unspecified atom stereocenters. The summed E-state index contributed by atoms with van der Waals surface area (Å²) in [6, 6.07) is 0. The van der Waals surface area contributed by atoms with E-state index in [-0.39, 0.29) is 134 Å². The van der Waals surface area contributed by atoms with Gasteiger partial charge in [-0.15, -0.1) is 5.06 Å². The van der Waals surface area contributed by atoms with Gasteiger partial charge < -0.3 is 4.84 Å². The molecular formula is C38H93N3O8. The van der Waals surface area contributed by atoms with Crippen LogP contribution in [0.4, 0.5) is 0 Å². The standard InChI is InChI=1S/C14H18N2O6.C5H7NO2.2C3H8.13CH4/c1-8(2)5-9-6-12(19)15(14(9)21)7-13(20)22-16-10(17)3-4-11(16)18;1-6-4(7)2-3-5(6)8;2*1-3-2;;;;;;;;;;;;;/h8-9H,3-7H2,1-2H3;2-3H2,1H3;2*3H2,1-2H3;13*1H4. The molecule has 11 nitrogen and oxygen atoms in total. The van der Waals surface area contributed by atoms with Crippen molar-refractivity contribution in [3.8, 4) is 0 Å². The van der Waals surface area contributed by atoms with Crippen molar-refractivity contribution in [3.05, 3.63) is 0 Å². The Morgan fingerprint density at radius 3 is 1.18 bits per heavy atom. The van der Waals surface area contributed by atoms with Crippen molar-refractivity contribution in [2.75, 3.05) is 13.6 Å². The Morgan fingerprint density at radius 1 is 0.612 bits per heavy atom. The third kappa shape index (κ3) is 31.9. The smallest absolute Gasteiger partial charge is 0.328 e. The highest BCUT2D eigenvalue weighted by Crippen LogP contribution is 2.26. The molecule has 3 fully saturated rings. The van der Waals surface area contributed by atoms with Crippen LogP contribution in [0, 0.1) is 11.8 Å². The van der Waals surface area contributed by atoms with Crippen LogP contribution in [-0.4, -0.2) is 69.9 Å². The van der Waals surface area contributed by atoms with E-state index in [9.17, 15) is 33.6 Å². The van der Waals surface area contributed by atoms with Crippen LogP contribution in [0.1, 0.15) is 189 Å². The summed E-state index contributed by atoms with van der Waals surface area (Å²) in [5, 5.41) is 0.402. The molecule has 3 aliphatic heterocycles. The average molecular weight is 720 g/mol. The van der Waals surface area contributed by atoms with Gasteiger partial charge in [-0.1, -0.05) is 151 Å². The Kier molecular flexibility index (Phi) is 87.2. The number of likely N-dealkylation sites (tertiary alicyclic amines) is 2. The Hall–Kier alpha value is -3.11. The highest BCUT2D eigenvalue weighted by molar-refractivity contribution is 6.06. The highest BCUT2D eigenvalue weighted by Gasteiger charge is 2.41. The lowest BCUT2D eigenvalue weighted by Gasteiger charge is -2.17. The SMILES string of the molecule is C.C.C.C.C.C.C.C.C.C.C.C.C.CC(C)CC1CC(=O)N(CC(=O)ON2C(=O)CCC2=O)C1=O.CCC.CCC.CN1C(=O)CCC1=O. The van der Waals surface area contributed by atoms with E-state index >= 15 is 0 Å². The van der Waals surface area contributed by atoms with Crippen LogP contribution in [0.15, 0.2) is 0 Å². The molecule has 49 heavy (non-hydrogen) atoms. The maximum absolute atomic E-state index is 12.1. The molecule has 0 aromatic heterocycles. The normalized spacial score (nSPS) is 14.0. The van der Waals surface area contributed by atoms with Gasteiger partial charge in [0.25, 0.3) is 11.8 Å². The number of hydrogen-bond acceptors (Lipinski definition) is 8. The van der Waals surface area contributed by atoms with Gasteiger partial charge in [0.15, 0.2) is 0 Å². The molecule has 3 rings (SSSR count). The first-order valence-corrected chi connectivity index (χ1v) is 12.5. The number of nitrogens with zero attached hydrogens (tertiary/aromatic N) is 3. The monoisotopic (exact) mass is 720 g/mol. The van der Waals surface area contributed by atoms with Crippen LogP contribution >= 0.6 is 0 Å². The van der Waals surface area contributed by atoms with Gasteiger partial charge in [0, 0.05) is 45.1 Å². The zero-order valence-corrected chi connectivity index (χ0v) is 22.6. The first-order valence-electron chi connectivity index (χ1n) is 12.5. The maximum atomic E-state index is 12.1. The second-order valence-corrected chi connectivity index (χ2v) is 9.15. The van der Waals surface area contributed by atoms with E-state index in [4.69, 9.17) is 0 Å². The van der Waals surface area contributed by atoms with Gasteiger partial charge in [-0.3, -0.25) is 38.6 Å². The summed E-state index contributed by atoms with van der Waals surface area (Å²) in [6.45, 7) is 11.8. The van der Waals surface area contributed by atoms with E-state index in [0.29, 0.717) is 24.3 Å². The molecule has 0 bridgehead atoms. The quantitative estimate of drug-likeness (QED) is 0.256. The average Bonchev–Trinajstić information content (AvgIpc) is 3.36. The molecule has 0 spiro atoms. The van der Waals surface area contributed by atoms with Crippen LogP contribution < -0.4 is 0 Å². The van der Waals surface area contributed by atoms with Crippen LogP contribution in [0.25, 0.3) is 0 Å². The molecule has 11 heteroatoms. The number of carbonyl (C=O) groups is 7. The predicted octanol–water partition coefficient (Wildman–Crippen LogP) is 10.9. The van der Waals surface area contributed by atoms with E-state index < -0.39 is 42.1 Å². The van der Waals surface area contributed by atoms with Gasteiger partial charge >= 0.3 is 5.97 Å². The molecule has 0 N–H and O–H groups in total. The summed E-state index contributed by atoms with van der Waals surface area (Å²) in [6.07, 6.45) is 3.92. The fourth-order valence-corrected chi connectivity index (χ4v) is 3.28. The minimum Gasteiger partial charge on any atom is -0.328 e. The fraction of sp³-hybridized carbons (Fsp3) is 0.816. The molecule has 0 aromatic carbocycles. The third-order valence-corrected chi connectivity index (χ3v) is 4.88. The highest BCUT2D eigenvalue weighted by atomic mass is 16.7.